The largest absolute Gasteiger partial charge is 0.481 e. The molecule has 0 saturated carbocycles. The third kappa shape index (κ3) is 6.61. The molecule has 0 fully saturated rings. The number of nitrogens with zero attached hydrogens (tertiary/aromatic N) is 1. The van der Waals surface area contributed by atoms with E-state index in [1.54, 1.807) is 37.4 Å². The molecule has 1 atom stereocenters. The fourth-order valence-corrected chi connectivity index (χ4v) is 2.56. The number of carbonyl (C=O) groups excluding carboxylic acids is 2. The molecular formula is C19H22N6O4. The van der Waals surface area contributed by atoms with Gasteiger partial charge in [0.2, 0.25) is 5.91 Å². The molecule has 0 aliphatic carbocycles. The topological polar surface area (TPSA) is 170 Å². The van der Waals surface area contributed by atoms with Crippen LogP contribution in [0.25, 0.3) is 0 Å². The second-order valence-electron chi connectivity index (χ2n) is 6.26. The summed E-state index contributed by atoms with van der Waals surface area (Å²) in [6.45, 7) is 1.46. The number of carboxylic acid groups (broad SMARTS) is 1. The number of carbonyl (C=O) groups is 3. The smallest absolute Gasteiger partial charge is 0.305 e. The van der Waals surface area contributed by atoms with Gasteiger partial charge in [-0.15, -0.1) is 0 Å². The van der Waals surface area contributed by atoms with Gasteiger partial charge in [-0.05, 0) is 36.2 Å². The van der Waals surface area contributed by atoms with Crippen LogP contribution in [0.1, 0.15) is 33.9 Å². The fourth-order valence-electron chi connectivity index (χ4n) is 2.56. The zero-order valence-corrected chi connectivity index (χ0v) is 15.7. The molecule has 1 heterocycles. The van der Waals surface area contributed by atoms with Crippen molar-refractivity contribution in [1.82, 2.24) is 15.6 Å². The first-order valence-electron chi connectivity index (χ1n) is 8.67. The van der Waals surface area contributed by atoms with Gasteiger partial charge >= 0.3 is 5.97 Å². The van der Waals surface area contributed by atoms with Gasteiger partial charge in [-0.25, -0.2) is 0 Å². The number of hydrogen-bond donors (Lipinski definition) is 6. The zero-order valence-electron chi connectivity index (χ0n) is 15.7. The van der Waals surface area contributed by atoms with Crippen LogP contribution in [0.2, 0.25) is 0 Å². The minimum absolute atomic E-state index is 0.259. The van der Waals surface area contributed by atoms with Crippen LogP contribution < -0.4 is 21.7 Å². The predicted molar refractivity (Wildman–Crippen MR) is 106 cm³/mol. The normalized spacial score (nSPS) is 11.2. The van der Waals surface area contributed by atoms with Crippen molar-refractivity contribution in [1.29, 1.82) is 5.41 Å². The van der Waals surface area contributed by atoms with Gasteiger partial charge in [-0.3, -0.25) is 24.8 Å². The number of hydrogen-bond acceptors (Lipinski definition) is 5. The Morgan fingerprint density at radius 3 is 2.66 bits per heavy atom. The zero-order chi connectivity index (χ0) is 21.4. The number of guanidine groups is 1. The Morgan fingerprint density at radius 2 is 2.03 bits per heavy atom. The molecule has 2 amide bonds. The summed E-state index contributed by atoms with van der Waals surface area (Å²) in [5, 5.41) is 24.1. The molecule has 0 bridgehead atoms. The van der Waals surface area contributed by atoms with Gasteiger partial charge in [0.1, 0.15) is 0 Å². The summed E-state index contributed by atoms with van der Waals surface area (Å²) < 4.78 is 0. The summed E-state index contributed by atoms with van der Waals surface area (Å²) in [6, 6.07) is 7.32. The Kier molecular flexibility index (Phi) is 7.24. The van der Waals surface area contributed by atoms with Gasteiger partial charge in [-0.1, -0.05) is 12.1 Å². The Morgan fingerprint density at radius 1 is 1.28 bits per heavy atom. The molecule has 1 unspecified atom stereocenters. The Balaban J connectivity index is 1.99. The molecule has 0 spiro atoms. The molecule has 0 aliphatic rings. The van der Waals surface area contributed by atoms with E-state index in [9.17, 15) is 14.4 Å². The molecule has 0 saturated heterocycles. The third-order valence-electron chi connectivity index (χ3n) is 3.98. The Hall–Kier alpha value is -3.95. The summed E-state index contributed by atoms with van der Waals surface area (Å²) in [5.74, 6) is -2.37. The highest BCUT2D eigenvalue weighted by Crippen LogP contribution is 2.17. The molecule has 2 rings (SSSR count). The van der Waals surface area contributed by atoms with Gasteiger partial charge < -0.3 is 26.8 Å². The maximum absolute atomic E-state index is 12.3. The van der Waals surface area contributed by atoms with E-state index >= 15 is 0 Å². The molecule has 1 aromatic carbocycles. The average Bonchev–Trinajstić information content (AvgIpc) is 2.67. The molecular weight excluding hydrogens is 376 g/mol. The number of rotatable bonds is 8. The lowest BCUT2D eigenvalue weighted by Crippen LogP contribution is -2.39. The van der Waals surface area contributed by atoms with Gasteiger partial charge in [0.25, 0.3) is 5.91 Å². The first kappa shape index (κ1) is 21.4. The van der Waals surface area contributed by atoms with E-state index in [0.717, 1.165) is 5.56 Å². The number of carboxylic acids is 1. The van der Waals surface area contributed by atoms with Crippen LogP contribution in [0.3, 0.4) is 0 Å². The van der Waals surface area contributed by atoms with Crippen molar-refractivity contribution in [3.05, 3.63) is 59.4 Å². The SMILES string of the molecule is Cc1ccc(C(=O)NCC(=O)NC(CC(=O)O)c2cccnc2)cc1NC(=N)N. The summed E-state index contributed by atoms with van der Waals surface area (Å²) in [6.07, 6.45) is 2.70. The lowest BCUT2D eigenvalue weighted by molar-refractivity contribution is -0.137. The molecule has 0 radical (unpaired) electrons. The molecule has 29 heavy (non-hydrogen) atoms. The van der Waals surface area contributed by atoms with Crippen LogP contribution in [-0.2, 0) is 9.59 Å². The molecule has 0 aliphatic heterocycles. The van der Waals surface area contributed by atoms with Gasteiger partial charge in [0, 0.05) is 23.6 Å². The standard InChI is InChI=1S/C19H22N6O4/c1-11-4-5-12(7-14(11)25-19(20)21)18(29)23-10-16(26)24-15(8-17(27)28)13-3-2-6-22-9-13/h2-7,9,15H,8,10H2,1H3,(H,23,29)(H,24,26)(H,27,28)(H4,20,21,25). The summed E-state index contributed by atoms with van der Waals surface area (Å²) >= 11 is 0. The van der Waals surface area contributed by atoms with Crippen LogP contribution in [0.4, 0.5) is 5.69 Å². The molecule has 2 aromatic rings. The number of anilines is 1. The van der Waals surface area contributed by atoms with Crippen molar-refractivity contribution >= 4 is 29.4 Å². The second-order valence-corrected chi connectivity index (χ2v) is 6.26. The lowest BCUT2D eigenvalue weighted by atomic mass is 10.1. The van der Waals surface area contributed by atoms with E-state index < -0.39 is 23.8 Å². The van der Waals surface area contributed by atoms with Crippen molar-refractivity contribution in [2.75, 3.05) is 11.9 Å². The van der Waals surface area contributed by atoms with E-state index in [4.69, 9.17) is 16.2 Å². The van der Waals surface area contributed by atoms with Crippen molar-refractivity contribution in [3.8, 4) is 0 Å². The Labute approximate surface area is 167 Å². The van der Waals surface area contributed by atoms with Gasteiger partial charge in [0.05, 0.1) is 19.0 Å². The molecule has 7 N–H and O–H groups in total. The number of aromatic nitrogens is 1. The highest BCUT2D eigenvalue weighted by Gasteiger charge is 2.19. The first-order valence-corrected chi connectivity index (χ1v) is 8.67. The fraction of sp³-hybridized carbons (Fsp3) is 0.211. The van der Waals surface area contributed by atoms with Crippen LogP contribution in [0.15, 0.2) is 42.7 Å². The molecule has 152 valence electrons. The second kappa shape index (κ2) is 9.83. The monoisotopic (exact) mass is 398 g/mol. The van der Waals surface area contributed by atoms with Crippen LogP contribution in [-0.4, -0.2) is 40.4 Å². The van der Waals surface area contributed by atoms with E-state index in [-0.39, 0.29) is 24.5 Å². The Bertz CT molecular complexity index is 916. The highest BCUT2D eigenvalue weighted by molar-refractivity contribution is 5.99. The van der Waals surface area contributed by atoms with E-state index in [1.165, 1.54) is 12.3 Å². The van der Waals surface area contributed by atoms with Gasteiger partial charge in [-0.2, -0.15) is 0 Å². The number of aliphatic carboxylic acids is 1. The third-order valence-corrected chi connectivity index (χ3v) is 3.98. The number of nitrogens with two attached hydrogens (primary N) is 1. The minimum atomic E-state index is -1.08. The maximum Gasteiger partial charge on any atom is 0.305 e. The van der Waals surface area contributed by atoms with E-state index in [2.05, 4.69) is 20.9 Å². The van der Waals surface area contributed by atoms with Crippen molar-refractivity contribution < 1.29 is 19.5 Å². The number of aryl methyl sites for hydroxylation is 1. The van der Waals surface area contributed by atoms with Crippen molar-refractivity contribution in [3.63, 3.8) is 0 Å². The van der Waals surface area contributed by atoms with Crippen LogP contribution >= 0.6 is 0 Å². The molecule has 10 heteroatoms. The maximum atomic E-state index is 12.3. The number of pyridine rings is 1. The van der Waals surface area contributed by atoms with Gasteiger partial charge in [0.15, 0.2) is 5.96 Å². The summed E-state index contributed by atoms with van der Waals surface area (Å²) in [7, 11) is 0. The summed E-state index contributed by atoms with van der Waals surface area (Å²) in [5.41, 5.74) is 7.45. The number of benzene rings is 1. The minimum Gasteiger partial charge on any atom is -0.481 e. The lowest BCUT2D eigenvalue weighted by Gasteiger charge is -2.17. The number of amides is 2. The quantitative estimate of drug-likeness (QED) is 0.281. The molecule has 10 nitrogen and oxygen atoms in total. The number of nitrogens with one attached hydrogen (secondary N) is 4. The summed E-state index contributed by atoms with van der Waals surface area (Å²) in [4.78, 5) is 39.5. The first-order chi connectivity index (χ1) is 13.8. The molecule has 1 aromatic heterocycles. The van der Waals surface area contributed by atoms with E-state index in [1.807, 2.05) is 0 Å². The average molecular weight is 398 g/mol. The van der Waals surface area contributed by atoms with Crippen LogP contribution in [0.5, 0.6) is 0 Å². The van der Waals surface area contributed by atoms with Crippen molar-refractivity contribution in [2.45, 2.75) is 19.4 Å². The van der Waals surface area contributed by atoms with Crippen LogP contribution in [0, 0.1) is 12.3 Å². The predicted octanol–water partition coefficient (Wildman–Crippen LogP) is 0.757. The van der Waals surface area contributed by atoms with E-state index in [0.29, 0.717) is 11.3 Å². The highest BCUT2D eigenvalue weighted by atomic mass is 16.4. The van der Waals surface area contributed by atoms with Crippen molar-refractivity contribution in [2.24, 2.45) is 5.73 Å².